The molecule has 0 atom stereocenters. The molecule has 0 unspecified atom stereocenters. The lowest BCUT2D eigenvalue weighted by Crippen LogP contribution is -2.55. The monoisotopic (exact) mass is 539 g/mol. The number of benzene rings is 5. The van der Waals surface area contributed by atoms with E-state index in [1.807, 2.05) is 43.6 Å². The lowest BCUT2D eigenvalue weighted by atomic mass is 9.60. The summed E-state index contributed by atoms with van der Waals surface area (Å²) in [4.78, 5) is 8.78. The van der Waals surface area contributed by atoms with E-state index < -0.39 is 67.4 Å². The Kier molecular flexibility index (Phi) is 4.00. The minimum atomic E-state index is -0.698. The van der Waals surface area contributed by atoms with Gasteiger partial charge in [-0.2, -0.15) is 0 Å². The van der Waals surface area contributed by atoms with Crippen molar-refractivity contribution in [1.82, 2.24) is 4.98 Å². The summed E-state index contributed by atoms with van der Waals surface area (Å²) in [6.07, 6.45) is 1.78. The number of hydrogen-bond acceptors (Lipinski definition) is 3. The molecule has 7 rings (SSSR count). The molecular formula is C37H32BN3. The van der Waals surface area contributed by atoms with Crippen LogP contribution in [0.5, 0.6) is 0 Å². The predicted molar refractivity (Wildman–Crippen MR) is 176 cm³/mol. The van der Waals surface area contributed by atoms with Gasteiger partial charge in [-0.1, -0.05) is 95.8 Å². The number of pyridine rings is 1. The highest BCUT2D eigenvalue weighted by atomic mass is 15.3. The topological polar surface area (TPSA) is 19.4 Å². The molecule has 41 heavy (non-hydrogen) atoms. The number of aromatic nitrogens is 1. The fourth-order valence-corrected chi connectivity index (χ4v) is 6.06. The van der Waals surface area contributed by atoms with Gasteiger partial charge in [-0.05, 0) is 91.4 Å². The predicted octanol–water partition coefficient (Wildman–Crippen LogP) is 8.13. The van der Waals surface area contributed by atoms with E-state index in [0.29, 0.717) is 5.46 Å². The zero-order valence-electron chi connectivity index (χ0n) is 33.2. The lowest BCUT2D eigenvalue weighted by Gasteiger charge is -2.28. The molecule has 4 heteroatoms. The van der Waals surface area contributed by atoms with Crippen LogP contribution in [0.4, 0.5) is 11.4 Å². The first-order valence-electron chi connectivity index (χ1n) is 18.4. The summed E-state index contributed by atoms with van der Waals surface area (Å²) in [6, 6.07) is 12.6. The number of fused-ring (bicyclic) bond motifs is 2. The summed E-state index contributed by atoms with van der Waals surface area (Å²) in [5, 5.41) is 1.87. The van der Waals surface area contributed by atoms with E-state index in [9.17, 15) is 0 Å². The first-order valence-corrected chi connectivity index (χ1v) is 13.4. The Hall–Kier alpha value is -4.83. The van der Waals surface area contributed by atoms with Gasteiger partial charge < -0.3 is 9.62 Å². The minimum Gasteiger partial charge on any atom is -0.393 e. The zero-order valence-corrected chi connectivity index (χ0v) is 23.2. The third kappa shape index (κ3) is 4.27. The van der Waals surface area contributed by atoms with Crippen LogP contribution in [0.2, 0.25) is 0 Å². The van der Waals surface area contributed by atoms with Gasteiger partial charge in [0.25, 0.3) is 0 Å². The van der Waals surface area contributed by atoms with E-state index in [0.717, 1.165) is 44.5 Å². The third-order valence-electron chi connectivity index (χ3n) is 7.75. The van der Waals surface area contributed by atoms with Crippen LogP contribution in [0.15, 0.2) is 121 Å². The average Bonchev–Trinajstić information content (AvgIpc) is 3.34. The van der Waals surface area contributed by atoms with Crippen molar-refractivity contribution in [2.75, 3.05) is 23.7 Å². The molecule has 0 aliphatic carbocycles. The highest BCUT2D eigenvalue weighted by Crippen LogP contribution is 2.42. The minimum absolute atomic E-state index is 0.0468. The molecule has 198 valence electrons. The lowest BCUT2D eigenvalue weighted by molar-refractivity contribution is 1.31. The summed E-state index contributed by atoms with van der Waals surface area (Å²) in [5.41, 5.74) is 6.62. The second kappa shape index (κ2) is 9.98. The summed E-state index contributed by atoms with van der Waals surface area (Å²) in [6.45, 7) is 3.40. The van der Waals surface area contributed by atoms with Crippen molar-refractivity contribution < 1.29 is 13.7 Å². The maximum Gasteiger partial charge on any atom is 0.412 e. The summed E-state index contributed by atoms with van der Waals surface area (Å²) >= 11 is 0. The van der Waals surface area contributed by atoms with Crippen molar-refractivity contribution in [3.63, 3.8) is 0 Å². The van der Waals surface area contributed by atoms with Gasteiger partial charge in [0.2, 0.25) is 0 Å². The molecule has 0 saturated carbocycles. The molecule has 0 radical (unpaired) electrons. The second-order valence-electron chi connectivity index (χ2n) is 10.5. The molecule has 1 aliphatic heterocycles. The van der Waals surface area contributed by atoms with Gasteiger partial charge in [0.05, 0.1) is 19.4 Å². The quantitative estimate of drug-likeness (QED) is 0.211. The molecule has 2 heterocycles. The van der Waals surface area contributed by atoms with Gasteiger partial charge in [-0.15, -0.1) is 0 Å². The van der Waals surface area contributed by atoms with E-state index in [1.165, 1.54) is 0 Å². The Morgan fingerprint density at radius 1 is 0.659 bits per heavy atom. The van der Waals surface area contributed by atoms with Gasteiger partial charge in [0.1, 0.15) is 0 Å². The highest BCUT2D eigenvalue weighted by molar-refractivity contribution is 6.84. The van der Waals surface area contributed by atoms with Crippen LogP contribution in [0.3, 0.4) is 0 Å². The van der Waals surface area contributed by atoms with Gasteiger partial charge in [0.15, 0.2) is 0 Å². The molecule has 0 fully saturated rings. The fourth-order valence-electron chi connectivity index (χ4n) is 6.06. The number of rotatable bonds is 4. The number of nitrogens with zero attached hydrogens (tertiary/aromatic N) is 3. The Morgan fingerprint density at radius 2 is 1.22 bits per heavy atom. The van der Waals surface area contributed by atoms with Crippen LogP contribution in [0.25, 0.3) is 44.3 Å². The second-order valence-corrected chi connectivity index (χ2v) is 10.5. The van der Waals surface area contributed by atoms with Crippen molar-refractivity contribution in [1.29, 1.82) is 0 Å². The largest absolute Gasteiger partial charge is 0.412 e. The standard InChI is InChI=1S/C37H32BN3/c1-25-20-26(2)22-30(21-25)37-33-24-35-34(23-29(33)18-19-39-37)40(3)38(41(35)4)36-31(27-12-7-5-8-13-27)16-11-17-32(36)28-14-9-6-10-15-28/h5-24H,1-4H3/i5D,6D,7D,8D,9D,10D,12D,13D,14D,15D. The Labute approximate surface area is 256 Å². The van der Waals surface area contributed by atoms with Crippen LogP contribution in [-0.2, 0) is 0 Å². The molecule has 0 N–H and O–H groups in total. The van der Waals surface area contributed by atoms with Gasteiger partial charge in [0, 0.05) is 28.5 Å². The first-order chi connectivity index (χ1) is 24.1. The maximum absolute atomic E-state index is 8.89. The van der Waals surface area contributed by atoms with Crippen LogP contribution < -0.4 is 15.1 Å². The van der Waals surface area contributed by atoms with E-state index in [2.05, 4.69) is 30.3 Å². The maximum atomic E-state index is 8.89. The number of hydrogen-bond donors (Lipinski definition) is 0. The van der Waals surface area contributed by atoms with Crippen molar-refractivity contribution in [3.05, 3.63) is 132 Å². The number of anilines is 2. The third-order valence-corrected chi connectivity index (χ3v) is 7.75. The molecule has 0 saturated heterocycles. The zero-order chi connectivity index (χ0) is 36.8. The van der Waals surface area contributed by atoms with Crippen molar-refractivity contribution in [2.24, 2.45) is 0 Å². The van der Waals surface area contributed by atoms with Crippen molar-refractivity contribution in [3.8, 4) is 33.5 Å². The molecule has 1 aromatic heterocycles. The number of aryl methyl sites for hydroxylation is 2. The summed E-state index contributed by atoms with van der Waals surface area (Å²) < 4.78 is 85.8. The molecular weight excluding hydrogens is 497 g/mol. The first kappa shape index (κ1) is 16.4. The molecule has 0 amide bonds. The molecule has 0 bridgehead atoms. The molecule has 1 aliphatic rings. The molecule has 3 nitrogen and oxygen atoms in total. The van der Waals surface area contributed by atoms with Gasteiger partial charge >= 0.3 is 6.98 Å². The molecule has 6 aromatic rings. The van der Waals surface area contributed by atoms with E-state index in [1.54, 1.807) is 24.4 Å². The molecule has 5 aromatic carbocycles. The highest BCUT2D eigenvalue weighted by Gasteiger charge is 2.41. The Bertz CT molecular complexity index is 2300. The van der Waals surface area contributed by atoms with Crippen LogP contribution >= 0.6 is 0 Å². The van der Waals surface area contributed by atoms with Crippen LogP contribution in [-0.4, -0.2) is 26.1 Å². The van der Waals surface area contributed by atoms with Gasteiger partial charge in [-0.25, -0.2) is 0 Å². The smallest absolute Gasteiger partial charge is 0.393 e. The average molecular weight is 540 g/mol. The SMILES string of the molecule is [2H]c1c([2H])c([2H])c(-c2cccc(-c3c([2H])c([2H])c([2H])c([2H])c3[2H])c2B2N(C)c3cc4ccnc(-c5cc(C)cc(C)c5)c4cc3N2C)c([2H])c1[2H]. The van der Waals surface area contributed by atoms with E-state index >= 15 is 0 Å². The Morgan fingerprint density at radius 3 is 1.80 bits per heavy atom. The van der Waals surface area contributed by atoms with Crippen molar-refractivity contribution >= 4 is 34.6 Å². The summed E-state index contributed by atoms with van der Waals surface area (Å²) in [5.74, 6) is 0. The van der Waals surface area contributed by atoms with Crippen LogP contribution in [0.1, 0.15) is 24.8 Å². The van der Waals surface area contributed by atoms with Gasteiger partial charge in [-0.3, -0.25) is 4.98 Å². The fraction of sp³-hybridized carbons (Fsp3) is 0.108. The van der Waals surface area contributed by atoms with E-state index in [-0.39, 0.29) is 22.3 Å². The van der Waals surface area contributed by atoms with Crippen LogP contribution in [0, 0.1) is 13.8 Å². The Balaban J connectivity index is 1.54. The van der Waals surface area contributed by atoms with Crippen molar-refractivity contribution in [2.45, 2.75) is 13.8 Å². The molecule has 0 spiro atoms. The summed E-state index contributed by atoms with van der Waals surface area (Å²) in [7, 11) is 3.77. The normalized spacial score (nSPS) is 16.1. The van der Waals surface area contributed by atoms with E-state index in [4.69, 9.17) is 18.7 Å².